The fourth-order valence-corrected chi connectivity index (χ4v) is 1.31. The Bertz CT molecular complexity index is 374. The molecule has 0 saturated heterocycles. The third-order valence-corrected chi connectivity index (χ3v) is 1.96. The zero-order chi connectivity index (χ0) is 13.1. The maximum Gasteiger partial charge on any atom is 0.461 e. The summed E-state index contributed by atoms with van der Waals surface area (Å²) in [6, 6.07) is 5.44. The molecule has 2 nitrogen and oxygen atoms in total. The first-order valence-corrected chi connectivity index (χ1v) is 5.01. The molecule has 1 aromatic rings. The molecule has 0 aliphatic carbocycles. The molecule has 0 aliphatic heterocycles. The molecule has 0 fully saturated rings. The number of benzene rings is 1. The SMILES string of the molecule is CC(N)Cc1cccc(OC(F)(F)C(F)F)c1.Cl. The largest absolute Gasteiger partial charge is 0.461 e. The minimum absolute atomic E-state index is 0. The summed E-state index contributed by atoms with van der Waals surface area (Å²) in [5.74, 6) is -0.298. The Balaban J connectivity index is 0.00000289. The van der Waals surface area contributed by atoms with Gasteiger partial charge in [0.1, 0.15) is 5.75 Å². The second-order valence-electron chi connectivity index (χ2n) is 3.79. The van der Waals surface area contributed by atoms with Crippen LogP contribution in [0.1, 0.15) is 12.5 Å². The van der Waals surface area contributed by atoms with Gasteiger partial charge in [0.25, 0.3) is 0 Å². The smallest absolute Gasteiger partial charge is 0.428 e. The van der Waals surface area contributed by atoms with Gasteiger partial charge in [-0.25, -0.2) is 0 Å². The van der Waals surface area contributed by atoms with Crippen LogP contribution in [0, 0.1) is 0 Å². The third kappa shape index (κ3) is 5.10. The van der Waals surface area contributed by atoms with Gasteiger partial charge >= 0.3 is 12.5 Å². The Hall–Kier alpha value is -1.01. The lowest BCUT2D eigenvalue weighted by molar-refractivity contribution is -0.253. The zero-order valence-corrected chi connectivity index (χ0v) is 10.4. The Kier molecular flexibility index (Phi) is 6.42. The normalized spacial score (nSPS) is 13.1. The fourth-order valence-electron chi connectivity index (χ4n) is 1.31. The van der Waals surface area contributed by atoms with Crippen LogP contribution in [0.4, 0.5) is 17.6 Å². The van der Waals surface area contributed by atoms with Crippen molar-refractivity contribution in [1.82, 2.24) is 0 Å². The van der Waals surface area contributed by atoms with Crippen molar-refractivity contribution in [2.75, 3.05) is 0 Å². The zero-order valence-electron chi connectivity index (χ0n) is 9.58. The van der Waals surface area contributed by atoms with Gasteiger partial charge in [0.2, 0.25) is 0 Å². The van der Waals surface area contributed by atoms with Crippen LogP contribution < -0.4 is 10.5 Å². The predicted octanol–water partition coefficient (Wildman–Crippen LogP) is 3.23. The lowest BCUT2D eigenvalue weighted by Crippen LogP contribution is -2.33. The number of hydrogen-bond acceptors (Lipinski definition) is 2. The summed E-state index contributed by atoms with van der Waals surface area (Å²) < 4.78 is 53.0. The molecular formula is C11H14ClF4NO. The van der Waals surface area contributed by atoms with Gasteiger partial charge in [-0.15, -0.1) is 12.4 Å². The summed E-state index contributed by atoms with van der Waals surface area (Å²) in [5.41, 5.74) is 6.20. The van der Waals surface area contributed by atoms with Gasteiger partial charge < -0.3 is 10.5 Å². The molecule has 1 rings (SSSR count). The van der Waals surface area contributed by atoms with E-state index in [1.165, 1.54) is 18.2 Å². The summed E-state index contributed by atoms with van der Waals surface area (Å²) in [7, 11) is 0. The maximum atomic E-state index is 12.6. The van der Waals surface area contributed by atoms with Crippen LogP contribution in [0.3, 0.4) is 0 Å². The molecule has 7 heteroatoms. The van der Waals surface area contributed by atoms with Crippen LogP contribution in [0.2, 0.25) is 0 Å². The van der Waals surface area contributed by atoms with Gasteiger partial charge in [-0.1, -0.05) is 12.1 Å². The molecule has 1 unspecified atom stereocenters. The Morgan fingerprint density at radius 1 is 1.33 bits per heavy atom. The van der Waals surface area contributed by atoms with E-state index in [2.05, 4.69) is 4.74 Å². The number of halogens is 5. The lowest BCUT2D eigenvalue weighted by Gasteiger charge is -2.17. The highest BCUT2D eigenvalue weighted by Crippen LogP contribution is 2.27. The van der Waals surface area contributed by atoms with E-state index in [1.807, 2.05) is 0 Å². The van der Waals surface area contributed by atoms with Crippen LogP contribution in [-0.2, 0) is 6.42 Å². The fraction of sp³-hybridized carbons (Fsp3) is 0.455. The molecule has 0 amide bonds. The standard InChI is InChI=1S/C11H13F4NO.ClH/c1-7(16)5-8-3-2-4-9(6-8)17-11(14,15)10(12)13;/h2-4,6-7,10H,5,16H2,1H3;1H. The predicted molar refractivity (Wildman–Crippen MR) is 62.6 cm³/mol. The first-order valence-electron chi connectivity index (χ1n) is 5.01. The highest BCUT2D eigenvalue weighted by atomic mass is 35.5. The van der Waals surface area contributed by atoms with E-state index in [0.717, 1.165) is 0 Å². The highest BCUT2D eigenvalue weighted by molar-refractivity contribution is 5.85. The van der Waals surface area contributed by atoms with Crippen LogP contribution in [0.15, 0.2) is 24.3 Å². The number of alkyl halides is 4. The molecule has 2 N–H and O–H groups in total. The second kappa shape index (κ2) is 6.80. The average Bonchev–Trinajstić information content (AvgIpc) is 2.15. The van der Waals surface area contributed by atoms with Gasteiger partial charge in [-0.2, -0.15) is 17.6 Å². The number of rotatable bonds is 5. The van der Waals surface area contributed by atoms with Gasteiger partial charge in [-0.05, 0) is 31.0 Å². The van der Waals surface area contributed by atoms with E-state index in [1.54, 1.807) is 13.0 Å². The van der Waals surface area contributed by atoms with E-state index in [9.17, 15) is 17.6 Å². The van der Waals surface area contributed by atoms with Gasteiger partial charge in [0.05, 0.1) is 0 Å². The molecule has 0 radical (unpaired) electrons. The Morgan fingerprint density at radius 2 is 1.94 bits per heavy atom. The molecule has 18 heavy (non-hydrogen) atoms. The van der Waals surface area contributed by atoms with Gasteiger partial charge in [0, 0.05) is 6.04 Å². The van der Waals surface area contributed by atoms with Gasteiger partial charge in [-0.3, -0.25) is 0 Å². The third-order valence-electron chi connectivity index (χ3n) is 1.96. The van der Waals surface area contributed by atoms with E-state index in [4.69, 9.17) is 5.73 Å². The van der Waals surface area contributed by atoms with Crippen LogP contribution in [0.5, 0.6) is 5.75 Å². The monoisotopic (exact) mass is 287 g/mol. The minimum Gasteiger partial charge on any atom is -0.428 e. The molecule has 104 valence electrons. The minimum atomic E-state index is -4.48. The van der Waals surface area contributed by atoms with E-state index < -0.39 is 12.5 Å². The Labute approximate surface area is 109 Å². The van der Waals surface area contributed by atoms with Crippen LogP contribution >= 0.6 is 12.4 Å². The second-order valence-corrected chi connectivity index (χ2v) is 3.79. The lowest BCUT2D eigenvalue weighted by atomic mass is 10.1. The summed E-state index contributed by atoms with van der Waals surface area (Å²) in [5, 5.41) is 0. The molecule has 1 aromatic carbocycles. The van der Waals surface area contributed by atoms with Crippen molar-refractivity contribution in [2.24, 2.45) is 5.73 Å². The quantitative estimate of drug-likeness (QED) is 0.844. The molecule has 0 aromatic heterocycles. The number of hydrogen-bond donors (Lipinski definition) is 1. The van der Waals surface area contributed by atoms with Gasteiger partial charge in [0.15, 0.2) is 0 Å². The molecule has 0 saturated carbocycles. The molecular weight excluding hydrogens is 274 g/mol. The molecule has 0 aliphatic rings. The first kappa shape index (κ1) is 17.0. The molecule has 0 bridgehead atoms. The maximum absolute atomic E-state index is 12.6. The topological polar surface area (TPSA) is 35.2 Å². The number of ether oxygens (including phenoxy) is 1. The van der Waals surface area contributed by atoms with Crippen molar-refractivity contribution < 1.29 is 22.3 Å². The average molecular weight is 288 g/mol. The van der Waals surface area contributed by atoms with Crippen molar-refractivity contribution in [2.45, 2.75) is 31.9 Å². The Morgan fingerprint density at radius 3 is 2.44 bits per heavy atom. The van der Waals surface area contributed by atoms with E-state index in [-0.39, 0.29) is 24.2 Å². The molecule has 1 atom stereocenters. The molecule has 0 heterocycles. The summed E-state index contributed by atoms with van der Waals surface area (Å²) in [4.78, 5) is 0. The summed E-state index contributed by atoms with van der Waals surface area (Å²) >= 11 is 0. The number of nitrogens with two attached hydrogens (primary N) is 1. The van der Waals surface area contributed by atoms with Crippen LogP contribution in [0.25, 0.3) is 0 Å². The summed E-state index contributed by atoms with van der Waals surface area (Å²) in [6.07, 6.45) is -7.88. The van der Waals surface area contributed by atoms with Crippen molar-refractivity contribution in [3.63, 3.8) is 0 Å². The van der Waals surface area contributed by atoms with E-state index in [0.29, 0.717) is 12.0 Å². The van der Waals surface area contributed by atoms with Crippen molar-refractivity contribution in [3.8, 4) is 5.75 Å². The van der Waals surface area contributed by atoms with Crippen molar-refractivity contribution >= 4 is 12.4 Å². The van der Waals surface area contributed by atoms with E-state index >= 15 is 0 Å². The summed E-state index contributed by atoms with van der Waals surface area (Å²) in [6.45, 7) is 1.75. The first-order chi connectivity index (χ1) is 7.81. The highest BCUT2D eigenvalue weighted by Gasteiger charge is 2.43. The van der Waals surface area contributed by atoms with Crippen molar-refractivity contribution in [3.05, 3.63) is 29.8 Å². The van der Waals surface area contributed by atoms with Crippen molar-refractivity contribution in [1.29, 1.82) is 0 Å². The van der Waals surface area contributed by atoms with Crippen LogP contribution in [-0.4, -0.2) is 18.6 Å². The molecule has 0 spiro atoms.